The highest BCUT2D eigenvalue weighted by atomic mass is 16.7. The third-order valence-electron chi connectivity index (χ3n) is 21.0. The minimum absolute atomic E-state index is 0.0156. The third-order valence-corrected chi connectivity index (χ3v) is 21.0. The van der Waals surface area contributed by atoms with Crippen LogP contribution in [0.4, 0.5) is 15.3 Å². The fraction of sp³-hybridized carbons (Fsp3) is 0.577. The summed E-state index contributed by atoms with van der Waals surface area (Å²) >= 11 is 0. The molecule has 2 saturated heterocycles. The number of aliphatic hydroxyl groups is 2. The topological polar surface area (TPSA) is 292 Å². The highest BCUT2D eigenvalue weighted by molar-refractivity contribution is 5.93. The molecule has 2 aliphatic heterocycles. The highest BCUT2D eigenvalue weighted by Gasteiger charge is 2.49. The number of likely N-dealkylation sites (N-methyl/N-ethyl adjacent to an activating group) is 2. The minimum atomic E-state index is -1.38. The molecule has 3 aliphatic rings. The van der Waals surface area contributed by atoms with Gasteiger partial charge in [0.15, 0.2) is 18.0 Å². The van der Waals surface area contributed by atoms with Crippen LogP contribution in [0.15, 0.2) is 97.1 Å². The van der Waals surface area contributed by atoms with E-state index >= 15 is 4.79 Å². The molecule has 101 heavy (non-hydrogen) atoms. The first-order chi connectivity index (χ1) is 48.1. The maximum absolute atomic E-state index is 15.0. The highest BCUT2D eigenvalue weighted by Crippen LogP contribution is 2.45. The molecule has 4 N–H and O–H groups in total. The Morgan fingerprint density at radius 1 is 0.752 bits per heavy atom. The standard InChI is InChI=1S/C78H107N5O18/c1-16-46(6)70(66(95-14)40-68(89)83-36-24-31-62(83)59(41-84)50(10)63(86)37-47(7)71(90)53-25-18-17-19-26-53)81(12)74(91)58(44(2)3)39-64(87)69(45(4)5)82(13)78(94)98-42-52-32-33-65(100-76-73(99-51(11)85)49(9)48(8)72(101-76)75(92)96-15)61(38-52)80-67(88)34-35-79-77(93)97-43-60-56-29-22-20-27-54(56)55-28-21-23-30-57(55)60/h17-23,25-30,32-33,38,44-50,58-60,62,66,69-73,76,84,90H,16,24,31,34-37,39-43H2,1-15H3,(H,79,93)(H,80,88)/t46-,47-,48-,49-,50+,58?,59+,62-,66+,69-,70-,71+,72-,73+,76+/m0/s1. The number of amides is 5. The van der Waals surface area contributed by atoms with Crippen LogP contribution >= 0.6 is 0 Å². The molecule has 0 aromatic heterocycles. The summed E-state index contributed by atoms with van der Waals surface area (Å²) in [4.78, 5) is 129. The molecular weight excluding hydrogens is 1290 g/mol. The number of likely N-dealkylation sites (tertiary alicyclic amines) is 1. The number of hydrogen-bond donors (Lipinski definition) is 4. The van der Waals surface area contributed by atoms with Crippen LogP contribution in [-0.2, 0) is 68.6 Å². The molecular formula is C78H107N5O18. The summed E-state index contributed by atoms with van der Waals surface area (Å²) < 4.78 is 41.0. The lowest BCUT2D eigenvalue weighted by atomic mass is 9.80. The van der Waals surface area contributed by atoms with Crippen LogP contribution in [0.3, 0.4) is 0 Å². The van der Waals surface area contributed by atoms with E-state index in [1.807, 2.05) is 113 Å². The van der Waals surface area contributed by atoms with Gasteiger partial charge in [-0.1, -0.05) is 161 Å². The van der Waals surface area contributed by atoms with E-state index in [4.69, 9.17) is 33.2 Å². The average Bonchev–Trinajstić information content (AvgIpc) is 1.67. The lowest BCUT2D eigenvalue weighted by molar-refractivity contribution is -0.248. The summed E-state index contributed by atoms with van der Waals surface area (Å²) in [5, 5.41) is 27.4. The van der Waals surface area contributed by atoms with Crippen molar-refractivity contribution in [3.63, 3.8) is 0 Å². The Kier molecular flexibility index (Phi) is 29.4. The lowest BCUT2D eigenvalue weighted by Crippen LogP contribution is -2.55. The molecule has 2 heterocycles. The number of ether oxygens (including phenoxy) is 7. The minimum Gasteiger partial charge on any atom is -0.467 e. The number of nitrogens with zero attached hydrogens (tertiary/aromatic N) is 3. The predicted octanol–water partition coefficient (Wildman–Crippen LogP) is 10.7. The van der Waals surface area contributed by atoms with Gasteiger partial charge in [-0.2, -0.15) is 0 Å². The molecule has 5 amide bonds. The maximum atomic E-state index is 15.0. The molecule has 23 heteroatoms. The molecule has 7 rings (SSSR count). The molecule has 0 bridgehead atoms. The van der Waals surface area contributed by atoms with E-state index < -0.39 is 114 Å². The molecule has 23 nitrogen and oxygen atoms in total. The van der Waals surface area contributed by atoms with Gasteiger partial charge in [0.25, 0.3) is 0 Å². The van der Waals surface area contributed by atoms with Crippen molar-refractivity contribution in [1.82, 2.24) is 20.0 Å². The Labute approximate surface area is 595 Å². The second kappa shape index (κ2) is 37.1. The zero-order valence-electron chi connectivity index (χ0n) is 61.4. The number of aliphatic hydroxyl groups excluding tert-OH is 2. The number of fused-ring (bicyclic) bond motifs is 3. The van der Waals surface area contributed by atoms with Crippen LogP contribution in [-0.4, -0.2) is 176 Å². The predicted molar refractivity (Wildman–Crippen MR) is 379 cm³/mol. The normalized spacial score (nSPS) is 20.7. The molecule has 0 radical (unpaired) electrons. The van der Waals surface area contributed by atoms with E-state index in [0.29, 0.717) is 36.9 Å². The van der Waals surface area contributed by atoms with Crippen molar-refractivity contribution in [3.8, 4) is 16.9 Å². The average molecular weight is 1400 g/mol. The van der Waals surface area contributed by atoms with Crippen molar-refractivity contribution in [2.75, 3.05) is 59.9 Å². The van der Waals surface area contributed by atoms with Crippen molar-refractivity contribution in [2.24, 2.45) is 53.3 Å². The second-order valence-electron chi connectivity index (χ2n) is 28.4. The first-order valence-electron chi connectivity index (χ1n) is 35.5. The van der Waals surface area contributed by atoms with Gasteiger partial charge >= 0.3 is 24.1 Å². The molecule has 0 spiro atoms. The Balaban J connectivity index is 1.02. The molecule has 1 unspecified atom stereocenters. The summed E-state index contributed by atoms with van der Waals surface area (Å²) in [6.07, 6.45) is -5.37. The number of rotatable bonds is 34. The summed E-state index contributed by atoms with van der Waals surface area (Å²) in [7, 11) is 5.83. The van der Waals surface area contributed by atoms with Gasteiger partial charge in [-0.05, 0) is 87.9 Å². The van der Waals surface area contributed by atoms with E-state index in [-0.39, 0.29) is 111 Å². The number of benzene rings is 4. The Morgan fingerprint density at radius 2 is 1.40 bits per heavy atom. The fourth-order valence-corrected chi connectivity index (χ4v) is 14.8. The fourth-order valence-electron chi connectivity index (χ4n) is 14.8. The van der Waals surface area contributed by atoms with E-state index in [2.05, 4.69) is 10.6 Å². The first kappa shape index (κ1) is 80.1. The van der Waals surface area contributed by atoms with Gasteiger partial charge in [0.05, 0.1) is 43.5 Å². The number of carbonyl (C=O) groups excluding carboxylic acids is 9. The van der Waals surface area contributed by atoms with E-state index in [9.17, 15) is 48.6 Å². The van der Waals surface area contributed by atoms with Crippen molar-refractivity contribution in [3.05, 3.63) is 119 Å². The Hall–Kier alpha value is -8.25. The van der Waals surface area contributed by atoms with Crippen molar-refractivity contribution >= 4 is 59.1 Å². The lowest BCUT2D eigenvalue weighted by Gasteiger charge is -2.42. The van der Waals surface area contributed by atoms with Gasteiger partial charge in [-0.3, -0.25) is 28.8 Å². The van der Waals surface area contributed by atoms with Crippen molar-refractivity contribution < 1.29 is 86.5 Å². The Bertz CT molecular complexity index is 3450. The first-order valence-corrected chi connectivity index (χ1v) is 35.5. The second-order valence-corrected chi connectivity index (χ2v) is 28.4. The maximum Gasteiger partial charge on any atom is 0.410 e. The largest absolute Gasteiger partial charge is 0.467 e. The zero-order chi connectivity index (χ0) is 74.1. The number of hydrogen-bond acceptors (Lipinski definition) is 18. The Morgan fingerprint density at radius 3 is 1.99 bits per heavy atom. The number of carbonyl (C=O) groups is 9. The summed E-state index contributed by atoms with van der Waals surface area (Å²) in [6.45, 7) is 19.3. The van der Waals surface area contributed by atoms with Crippen molar-refractivity contribution in [2.45, 2.75) is 182 Å². The van der Waals surface area contributed by atoms with Crippen LogP contribution in [0, 0.1) is 53.3 Å². The summed E-state index contributed by atoms with van der Waals surface area (Å²) in [6, 6.07) is 27.5. The molecule has 2 fully saturated rings. The van der Waals surface area contributed by atoms with Crippen LogP contribution in [0.2, 0.25) is 0 Å². The molecule has 15 atom stereocenters. The van der Waals surface area contributed by atoms with E-state index in [1.54, 1.807) is 57.5 Å². The quantitative estimate of drug-likeness (QED) is 0.0250. The SMILES string of the molecule is CC[C@H](C)[C@@H]([C@@H](CC(=O)N1CCC[C@H]1[C@H](CO)[C@@H](C)C(=O)C[C@H](C)[C@@H](O)c1ccccc1)OC)N(C)C(=O)C(CC(=O)[C@H](C(C)C)N(C)C(=O)OCc1ccc(O[C@@H]2O[C@H](C(=O)OC)[C@@H](C)[C@H](C)[C@H]2OC(C)=O)c(NC(=O)CCNC(=O)OCC2c3ccccc3-c3ccccc32)c1)C(C)C. The monoisotopic (exact) mass is 1400 g/mol. The zero-order valence-corrected chi connectivity index (χ0v) is 61.4. The number of esters is 2. The molecule has 4 aromatic carbocycles. The van der Waals surface area contributed by atoms with Crippen LogP contribution in [0.25, 0.3) is 11.1 Å². The molecule has 552 valence electrons. The summed E-state index contributed by atoms with van der Waals surface area (Å²) in [5.41, 5.74) is 5.35. The van der Waals surface area contributed by atoms with Crippen LogP contribution < -0.4 is 15.4 Å². The third kappa shape index (κ3) is 19.9. The van der Waals surface area contributed by atoms with Gasteiger partial charge in [-0.15, -0.1) is 0 Å². The van der Waals surface area contributed by atoms with Crippen LogP contribution in [0.5, 0.6) is 5.75 Å². The van der Waals surface area contributed by atoms with Gasteiger partial charge in [0, 0.05) is 103 Å². The van der Waals surface area contributed by atoms with E-state index in [1.165, 1.54) is 45.2 Å². The number of Topliss-reactive ketones (excluding diaryl/α,β-unsaturated/α-hetero) is 2. The molecule has 1 aliphatic carbocycles. The summed E-state index contributed by atoms with van der Waals surface area (Å²) in [5.74, 6) is -7.49. The number of ketones is 2. The van der Waals surface area contributed by atoms with Crippen LogP contribution in [0.1, 0.15) is 155 Å². The van der Waals surface area contributed by atoms with Crippen molar-refractivity contribution in [1.29, 1.82) is 0 Å². The van der Waals surface area contributed by atoms with Gasteiger partial charge < -0.3 is 68.7 Å². The van der Waals surface area contributed by atoms with Gasteiger partial charge in [0.2, 0.25) is 24.0 Å². The van der Waals surface area contributed by atoms with Gasteiger partial charge in [-0.25, -0.2) is 14.4 Å². The molecule has 4 aromatic rings. The van der Waals surface area contributed by atoms with Gasteiger partial charge in [0.1, 0.15) is 24.7 Å². The number of methoxy groups -OCH3 is 2. The smallest absolute Gasteiger partial charge is 0.410 e. The molecule has 0 saturated carbocycles. The number of anilines is 1. The number of alkyl carbamates (subject to hydrolysis) is 1. The number of nitrogens with one attached hydrogen (secondary N) is 2. The van der Waals surface area contributed by atoms with E-state index in [0.717, 1.165) is 22.3 Å².